The predicted octanol–water partition coefficient (Wildman–Crippen LogP) is 4.40. The minimum atomic E-state index is -0.275. The first-order valence-corrected chi connectivity index (χ1v) is 15.4. The summed E-state index contributed by atoms with van der Waals surface area (Å²) in [7, 11) is 0. The van der Waals surface area contributed by atoms with Crippen LogP contribution in [0.3, 0.4) is 0 Å². The molecular weight excluding hydrogens is 494 g/mol. The third kappa shape index (κ3) is 7.57. The van der Waals surface area contributed by atoms with Crippen LogP contribution in [0, 0.1) is 0 Å². The van der Waals surface area contributed by atoms with E-state index in [1.54, 1.807) is 11.8 Å². The fraction of sp³-hybridized carbons (Fsp3) is 0.600. The molecule has 2 fully saturated rings. The molecule has 7 nitrogen and oxygen atoms in total. The highest BCUT2D eigenvalue weighted by molar-refractivity contribution is 7.99. The highest BCUT2D eigenvalue weighted by Gasteiger charge is 2.27. The van der Waals surface area contributed by atoms with E-state index < -0.39 is 0 Å². The second-order valence-corrected chi connectivity index (χ2v) is 11.9. The molecule has 0 saturated heterocycles. The first-order valence-electron chi connectivity index (χ1n) is 14.6. The summed E-state index contributed by atoms with van der Waals surface area (Å²) in [6, 6.07) is 14.1. The summed E-state index contributed by atoms with van der Waals surface area (Å²) in [4.78, 5) is 19.5. The van der Waals surface area contributed by atoms with E-state index in [4.69, 9.17) is 9.72 Å². The second-order valence-electron chi connectivity index (χ2n) is 10.8. The van der Waals surface area contributed by atoms with Crippen molar-refractivity contribution in [2.75, 3.05) is 19.7 Å². The van der Waals surface area contributed by atoms with Crippen LogP contribution in [0.2, 0.25) is 0 Å². The van der Waals surface area contributed by atoms with E-state index >= 15 is 0 Å². The Balaban J connectivity index is 1.38. The SMILES string of the molecule is CCOC(=O)c1cccc(Sc2cc3nc(c2)CN[C@@H]2CCCC[C@H]2NCCNC2CCCCC2NC3)c1. The topological polar surface area (TPSA) is 87.3 Å². The van der Waals surface area contributed by atoms with Crippen LogP contribution >= 0.6 is 11.8 Å². The van der Waals surface area contributed by atoms with Crippen LogP contribution in [0.4, 0.5) is 0 Å². The smallest absolute Gasteiger partial charge is 0.338 e. The maximum Gasteiger partial charge on any atom is 0.338 e. The number of esters is 1. The van der Waals surface area contributed by atoms with Gasteiger partial charge in [-0.05, 0) is 62.9 Å². The molecule has 2 aliphatic carbocycles. The van der Waals surface area contributed by atoms with Gasteiger partial charge in [0.25, 0.3) is 0 Å². The number of benzene rings is 1. The first-order chi connectivity index (χ1) is 18.7. The van der Waals surface area contributed by atoms with Crippen LogP contribution in [0.15, 0.2) is 46.2 Å². The fourth-order valence-electron chi connectivity index (χ4n) is 6.12. The van der Waals surface area contributed by atoms with Crippen molar-refractivity contribution in [3.05, 3.63) is 53.3 Å². The molecule has 0 spiro atoms. The van der Waals surface area contributed by atoms with Gasteiger partial charge < -0.3 is 26.0 Å². The Morgan fingerprint density at radius 1 is 0.816 bits per heavy atom. The maximum absolute atomic E-state index is 12.3. The van der Waals surface area contributed by atoms with Gasteiger partial charge in [-0.15, -0.1) is 0 Å². The number of nitrogens with zero attached hydrogens (tertiary/aromatic N) is 1. The largest absolute Gasteiger partial charge is 0.462 e. The van der Waals surface area contributed by atoms with Crippen molar-refractivity contribution in [2.24, 2.45) is 0 Å². The lowest BCUT2D eigenvalue weighted by molar-refractivity contribution is 0.0526. The highest BCUT2D eigenvalue weighted by atomic mass is 32.2. The minimum absolute atomic E-state index is 0.275. The van der Waals surface area contributed by atoms with Gasteiger partial charge >= 0.3 is 5.97 Å². The zero-order chi connectivity index (χ0) is 26.2. The van der Waals surface area contributed by atoms with E-state index in [2.05, 4.69) is 39.5 Å². The molecule has 2 aromatic rings. The van der Waals surface area contributed by atoms with Crippen molar-refractivity contribution in [1.82, 2.24) is 26.3 Å². The number of rotatable bonds is 4. The van der Waals surface area contributed by atoms with Crippen LogP contribution < -0.4 is 21.3 Å². The van der Waals surface area contributed by atoms with Gasteiger partial charge in [0.2, 0.25) is 0 Å². The molecule has 4 N–H and O–H groups in total. The predicted molar refractivity (Wildman–Crippen MR) is 153 cm³/mol. The van der Waals surface area contributed by atoms with E-state index in [0.717, 1.165) is 47.4 Å². The number of fused-ring (bicyclic) bond motifs is 4. The summed E-state index contributed by atoms with van der Waals surface area (Å²) >= 11 is 1.68. The van der Waals surface area contributed by atoms with Crippen molar-refractivity contribution >= 4 is 17.7 Å². The van der Waals surface area contributed by atoms with Gasteiger partial charge in [0.05, 0.1) is 23.6 Å². The van der Waals surface area contributed by atoms with Crippen LogP contribution in [0.5, 0.6) is 0 Å². The molecule has 8 heteroatoms. The van der Waals surface area contributed by atoms with Crippen molar-refractivity contribution in [1.29, 1.82) is 0 Å². The summed E-state index contributed by atoms with van der Waals surface area (Å²) in [5, 5.41) is 15.4. The quantitative estimate of drug-likeness (QED) is 0.427. The molecule has 0 amide bonds. The van der Waals surface area contributed by atoms with E-state index in [1.165, 1.54) is 51.4 Å². The summed E-state index contributed by atoms with van der Waals surface area (Å²) in [6.07, 6.45) is 10.1. The molecule has 2 saturated carbocycles. The third-order valence-corrected chi connectivity index (χ3v) is 9.01. The average molecular weight is 538 g/mol. The number of hydrogen-bond donors (Lipinski definition) is 4. The fourth-order valence-corrected chi connectivity index (χ4v) is 7.12. The molecule has 4 atom stereocenters. The van der Waals surface area contributed by atoms with Gasteiger partial charge in [-0.2, -0.15) is 0 Å². The first kappa shape index (κ1) is 27.6. The molecule has 1 aromatic carbocycles. The van der Waals surface area contributed by atoms with E-state index in [0.29, 0.717) is 36.3 Å². The van der Waals surface area contributed by atoms with Crippen molar-refractivity contribution in [2.45, 2.75) is 105 Å². The number of hydrogen-bond acceptors (Lipinski definition) is 8. The molecule has 2 bridgehead atoms. The van der Waals surface area contributed by atoms with E-state index in [1.807, 2.05) is 25.1 Å². The lowest BCUT2D eigenvalue weighted by Gasteiger charge is -2.34. The number of carbonyl (C=O) groups excluding carboxylic acids is 1. The number of aromatic nitrogens is 1. The summed E-state index contributed by atoms with van der Waals surface area (Å²) in [6.45, 7) is 5.77. The third-order valence-electron chi connectivity index (χ3n) is 8.05. The summed E-state index contributed by atoms with van der Waals surface area (Å²) in [5.41, 5.74) is 2.74. The van der Waals surface area contributed by atoms with Crippen LogP contribution in [-0.4, -0.2) is 54.8 Å². The van der Waals surface area contributed by atoms with Gasteiger partial charge in [0.1, 0.15) is 0 Å². The molecule has 2 heterocycles. The second kappa shape index (κ2) is 13.9. The number of nitrogens with one attached hydrogen (secondary N) is 4. The number of pyridine rings is 1. The van der Waals surface area contributed by atoms with E-state index in [9.17, 15) is 4.79 Å². The Morgan fingerprint density at radius 3 is 1.92 bits per heavy atom. The van der Waals surface area contributed by atoms with Gasteiger partial charge in [-0.1, -0.05) is 43.5 Å². The summed E-state index contributed by atoms with van der Waals surface area (Å²) in [5.74, 6) is -0.275. The molecule has 5 rings (SSSR count). The normalized spacial score (nSPS) is 26.8. The Bertz CT molecular complexity index is 1020. The number of carbonyl (C=O) groups is 1. The Morgan fingerprint density at radius 2 is 1.37 bits per heavy atom. The molecular formula is C30H43N5O2S. The van der Waals surface area contributed by atoms with Crippen LogP contribution in [0.25, 0.3) is 0 Å². The van der Waals surface area contributed by atoms with Gasteiger partial charge in [-0.3, -0.25) is 4.98 Å². The van der Waals surface area contributed by atoms with Gasteiger partial charge in [-0.25, -0.2) is 4.79 Å². The van der Waals surface area contributed by atoms with Crippen molar-refractivity contribution in [3.63, 3.8) is 0 Å². The molecule has 206 valence electrons. The Labute approximate surface area is 231 Å². The highest BCUT2D eigenvalue weighted by Crippen LogP contribution is 2.30. The van der Waals surface area contributed by atoms with E-state index in [-0.39, 0.29) is 5.97 Å². The molecule has 38 heavy (non-hydrogen) atoms. The molecule has 3 aliphatic rings. The minimum Gasteiger partial charge on any atom is -0.462 e. The monoisotopic (exact) mass is 537 g/mol. The molecule has 0 radical (unpaired) electrons. The van der Waals surface area contributed by atoms with Crippen molar-refractivity contribution < 1.29 is 9.53 Å². The van der Waals surface area contributed by atoms with Crippen LogP contribution in [0.1, 0.15) is 80.0 Å². The standard InChI is InChI=1S/C30H43N5O2S/c1-2-37-30(36)21-8-7-9-24(16-21)38-25-17-22-19-33-28-12-5-3-10-26(28)31-14-15-32-27-11-4-6-13-29(27)34-20-23(18-25)35-22/h7-9,16-18,26-29,31-34H,2-6,10-15,19-20H2,1H3/t26-,27?,28-,29?/m1/s1. The molecule has 2 unspecified atom stereocenters. The zero-order valence-electron chi connectivity index (χ0n) is 22.6. The maximum atomic E-state index is 12.3. The van der Waals surface area contributed by atoms with Crippen molar-refractivity contribution in [3.8, 4) is 0 Å². The molecule has 1 aliphatic heterocycles. The lowest BCUT2D eigenvalue weighted by Crippen LogP contribution is -2.53. The Hall–Kier alpha value is -1.97. The zero-order valence-corrected chi connectivity index (χ0v) is 23.5. The molecule has 1 aromatic heterocycles. The van der Waals surface area contributed by atoms with Crippen LogP contribution in [-0.2, 0) is 17.8 Å². The summed E-state index contributed by atoms with van der Waals surface area (Å²) < 4.78 is 5.21. The van der Waals surface area contributed by atoms with Gasteiger partial charge in [0.15, 0.2) is 0 Å². The average Bonchev–Trinajstić information content (AvgIpc) is 2.94. The lowest BCUT2D eigenvalue weighted by atomic mass is 9.89. The van der Waals surface area contributed by atoms with Gasteiger partial charge in [0, 0.05) is 60.1 Å². The Kier molecular flexibility index (Phi) is 10.1. The number of ether oxygens (including phenoxy) is 1.